The Kier molecular flexibility index (Phi) is 2.75. The number of nitrogens with zero attached hydrogens (tertiary/aromatic N) is 3. The maximum absolute atomic E-state index is 5.21. The molecule has 3 aromatic heterocycles. The topological polar surface area (TPSA) is 75.7 Å². The Morgan fingerprint density at radius 2 is 2.16 bits per heavy atom. The van der Waals surface area contributed by atoms with Gasteiger partial charge in [0.05, 0.1) is 12.6 Å². The molecule has 3 rings (SSSR count). The molecule has 0 aliphatic heterocycles. The number of aromatic nitrogens is 4. The number of hydrogen-bond donors (Lipinski definition) is 2. The van der Waals surface area contributed by atoms with Gasteiger partial charge in [0.2, 0.25) is 5.88 Å². The van der Waals surface area contributed by atoms with Crippen LogP contribution in [0.5, 0.6) is 5.88 Å². The number of anilines is 2. The predicted molar refractivity (Wildman–Crippen MR) is 72.7 cm³/mol. The predicted octanol–water partition coefficient (Wildman–Crippen LogP) is 2.41. The first-order valence-electron chi connectivity index (χ1n) is 5.85. The van der Waals surface area contributed by atoms with Crippen molar-refractivity contribution < 1.29 is 4.74 Å². The number of nitrogens with one attached hydrogen (secondary N) is 2. The molecule has 0 saturated carbocycles. The minimum Gasteiger partial charge on any atom is -0.480 e. The van der Waals surface area contributed by atoms with Crippen molar-refractivity contribution in [2.24, 2.45) is 0 Å². The number of fused-ring (bicyclic) bond motifs is 1. The molecule has 6 nitrogen and oxygen atoms in total. The van der Waals surface area contributed by atoms with Crippen LogP contribution in [0.1, 0.15) is 5.82 Å². The molecule has 0 amide bonds. The second kappa shape index (κ2) is 4.56. The molecule has 0 saturated heterocycles. The van der Waals surface area contributed by atoms with Gasteiger partial charge < -0.3 is 15.0 Å². The lowest BCUT2D eigenvalue weighted by atomic mass is 10.3. The monoisotopic (exact) mass is 255 g/mol. The van der Waals surface area contributed by atoms with Crippen LogP contribution in [-0.2, 0) is 0 Å². The molecule has 19 heavy (non-hydrogen) atoms. The van der Waals surface area contributed by atoms with Crippen molar-refractivity contribution >= 4 is 22.5 Å². The summed E-state index contributed by atoms with van der Waals surface area (Å²) in [5, 5.41) is 3.22. The Morgan fingerprint density at radius 1 is 1.26 bits per heavy atom. The van der Waals surface area contributed by atoms with Gasteiger partial charge in [-0.25, -0.2) is 15.0 Å². The van der Waals surface area contributed by atoms with Gasteiger partial charge in [0.15, 0.2) is 5.82 Å². The zero-order chi connectivity index (χ0) is 13.2. The van der Waals surface area contributed by atoms with Crippen LogP contribution in [0.3, 0.4) is 0 Å². The highest BCUT2D eigenvalue weighted by atomic mass is 16.5. The Hall–Kier alpha value is -2.63. The van der Waals surface area contributed by atoms with E-state index in [2.05, 4.69) is 25.3 Å². The molecule has 0 radical (unpaired) electrons. The molecule has 0 spiro atoms. The average Bonchev–Trinajstić information content (AvgIpc) is 2.87. The zero-order valence-corrected chi connectivity index (χ0v) is 10.6. The van der Waals surface area contributed by atoms with Gasteiger partial charge in [0.25, 0.3) is 0 Å². The summed E-state index contributed by atoms with van der Waals surface area (Å²) in [5.41, 5.74) is 2.49. The van der Waals surface area contributed by atoms with E-state index >= 15 is 0 Å². The first kappa shape index (κ1) is 11.5. The van der Waals surface area contributed by atoms with Gasteiger partial charge >= 0.3 is 0 Å². The van der Waals surface area contributed by atoms with Gasteiger partial charge in [-0.05, 0) is 25.1 Å². The van der Waals surface area contributed by atoms with Crippen molar-refractivity contribution in [1.82, 2.24) is 19.9 Å². The number of H-pyrrole nitrogens is 1. The summed E-state index contributed by atoms with van der Waals surface area (Å²) in [6, 6.07) is 5.64. The lowest BCUT2D eigenvalue weighted by Crippen LogP contribution is -2.01. The molecule has 0 unspecified atom stereocenters. The Bertz CT molecular complexity index is 722. The van der Waals surface area contributed by atoms with E-state index in [1.807, 2.05) is 31.3 Å². The van der Waals surface area contributed by atoms with E-state index in [9.17, 15) is 0 Å². The summed E-state index contributed by atoms with van der Waals surface area (Å²) in [6.45, 7) is 1.86. The minimum absolute atomic E-state index is 0.526. The molecule has 0 aliphatic carbocycles. The fourth-order valence-corrected chi connectivity index (χ4v) is 1.93. The molecule has 3 aromatic rings. The molecule has 0 aromatic carbocycles. The molecule has 0 aliphatic rings. The number of pyridine rings is 1. The molecule has 2 N–H and O–H groups in total. The van der Waals surface area contributed by atoms with Gasteiger partial charge in [-0.3, -0.25) is 0 Å². The fourth-order valence-electron chi connectivity index (χ4n) is 1.93. The van der Waals surface area contributed by atoms with Crippen LogP contribution in [-0.4, -0.2) is 27.0 Å². The lowest BCUT2D eigenvalue weighted by molar-refractivity contribution is 0.400. The van der Waals surface area contributed by atoms with Gasteiger partial charge in [-0.15, -0.1) is 0 Å². The number of aromatic amines is 1. The van der Waals surface area contributed by atoms with Gasteiger partial charge in [-0.2, -0.15) is 0 Å². The summed E-state index contributed by atoms with van der Waals surface area (Å²) in [4.78, 5) is 16.0. The smallest absolute Gasteiger partial charge is 0.237 e. The maximum Gasteiger partial charge on any atom is 0.237 e. The Labute approximate surface area is 109 Å². The van der Waals surface area contributed by atoms with Gasteiger partial charge in [-0.1, -0.05) is 0 Å². The second-order valence-corrected chi connectivity index (χ2v) is 4.04. The number of rotatable bonds is 3. The van der Waals surface area contributed by atoms with Crippen molar-refractivity contribution in [3.8, 4) is 5.88 Å². The molecule has 0 atom stereocenters. The number of ether oxygens (including phenoxy) is 1. The lowest BCUT2D eigenvalue weighted by Gasteiger charge is -2.10. The summed E-state index contributed by atoms with van der Waals surface area (Å²) in [6.07, 6.45) is 3.52. The van der Waals surface area contributed by atoms with Gasteiger partial charge in [0.1, 0.15) is 17.0 Å². The highest BCUT2D eigenvalue weighted by Gasteiger charge is 2.10. The van der Waals surface area contributed by atoms with Crippen LogP contribution in [0.25, 0.3) is 11.0 Å². The first-order chi connectivity index (χ1) is 9.28. The molecule has 96 valence electrons. The maximum atomic E-state index is 5.21. The average molecular weight is 255 g/mol. The Balaban J connectivity index is 2.07. The van der Waals surface area contributed by atoms with Crippen LogP contribution < -0.4 is 10.1 Å². The fraction of sp³-hybridized carbons (Fsp3) is 0.154. The van der Waals surface area contributed by atoms with Crippen molar-refractivity contribution in [2.75, 3.05) is 12.4 Å². The van der Waals surface area contributed by atoms with E-state index in [4.69, 9.17) is 4.74 Å². The second-order valence-electron chi connectivity index (χ2n) is 4.04. The molecule has 3 heterocycles. The number of methoxy groups -OCH3 is 1. The molecule has 6 heteroatoms. The first-order valence-corrected chi connectivity index (χ1v) is 5.85. The standard InChI is InChI=1S/C13H13N5O/c1-8-16-9-5-7-14-11(9)12(17-8)18-10-4-3-6-15-13(10)19-2/h3-7,14H,1-2H3,(H,16,17,18). The van der Waals surface area contributed by atoms with E-state index < -0.39 is 0 Å². The van der Waals surface area contributed by atoms with Crippen LogP contribution in [0.4, 0.5) is 11.5 Å². The molecular weight excluding hydrogens is 242 g/mol. The molecule has 0 bridgehead atoms. The quantitative estimate of drug-likeness (QED) is 0.751. The third-order valence-corrected chi connectivity index (χ3v) is 2.74. The van der Waals surface area contributed by atoms with E-state index in [0.29, 0.717) is 17.5 Å². The number of hydrogen-bond acceptors (Lipinski definition) is 5. The SMILES string of the molecule is COc1ncccc1Nc1nc(C)nc2cc[nH]c12. The Morgan fingerprint density at radius 3 is 3.00 bits per heavy atom. The van der Waals surface area contributed by atoms with Gasteiger partial charge in [0, 0.05) is 12.4 Å². The summed E-state index contributed by atoms with van der Waals surface area (Å²) in [7, 11) is 1.59. The van der Waals surface area contributed by atoms with E-state index in [-0.39, 0.29) is 0 Å². The van der Waals surface area contributed by atoms with Crippen molar-refractivity contribution in [3.63, 3.8) is 0 Å². The van der Waals surface area contributed by atoms with Crippen LogP contribution in [0.2, 0.25) is 0 Å². The van der Waals surface area contributed by atoms with E-state index in [0.717, 1.165) is 16.7 Å². The minimum atomic E-state index is 0.526. The van der Waals surface area contributed by atoms with E-state index in [1.54, 1.807) is 13.3 Å². The summed E-state index contributed by atoms with van der Waals surface area (Å²) in [5.74, 6) is 1.94. The van der Waals surface area contributed by atoms with Crippen LogP contribution in [0.15, 0.2) is 30.6 Å². The van der Waals surface area contributed by atoms with Crippen molar-refractivity contribution in [2.45, 2.75) is 6.92 Å². The molecule has 0 fully saturated rings. The van der Waals surface area contributed by atoms with E-state index in [1.165, 1.54) is 0 Å². The van der Waals surface area contributed by atoms with Crippen LogP contribution >= 0.6 is 0 Å². The largest absolute Gasteiger partial charge is 0.480 e. The zero-order valence-electron chi connectivity index (χ0n) is 10.6. The molecular formula is C13H13N5O. The summed E-state index contributed by atoms with van der Waals surface area (Å²) < 4.78 is 5.21. The third-order valence-electron chi connectivity index (χ3n) is 2.74. The number of aryl methyl sites for hydroxylation is 1. The highest BCUT2D eigenvalue weighted by molar-refractivity contribution is 5.88. The van der Waals surface area contributed by atoms with Crippen molar-refractivity contribution in [1.29, 1.82) is 0 Å². The third kappa shape index (κ3) is 2.08. The highest BCUT2D eigenvalue weighted by Crippen LogP contribution is 2.27. The normalized spacial score (nSPS) is 10.6. The van der Waals surface area contributed by atoms with Crippen LogP contribution in [0, 0.1) is 6.92 Å². The van der Waals surface area contributed by atoms with Crippen molar-refractivity contribution in [3.05, 3.63) is 36.4 Å². The summed E-state index contributed by atoms with van der Waals surface area (Å²) >= 11 is 0.